The van der Waals surface area contributed by atoms with E-state index in [0.717, 1.165) is 0 Å². The molecule has 1 atom stereocenters. The molecule has 0 bridgehead atoms. The molecule has 0 spiro atoms. The predicted octanol–water partition coefficient (Wildman–Crippen LogP) is 1.34. The molecule has 174 valence electrons. The summed E-state index contributed by atoms with van der Waals surface area (Å²) in [5.74, 6) is -4.86. The number of hydrogen-bond acceptors (Lipinski definition) is 8. The van der Waals surface area contributed by atoms with E-state index in [-0.39, 0.29) is 18.8 Å². The highest BCUT2D eigenvalue weighted by Gasteiger charge is 2.56. The third kappa shape index (κ3) is 7.18. The van der Waals surface area contributed by atoms with Gasteiger partial charge in [0, 0.05) is 12.0 Å². The molecule has 0 aromatic carbocycles. The van der Waals surface area contributed by atoms with E-state index in [9.17, 15) is 35.6 Å². The largest absolute Gasteiger partial charge is 0.460 e. The highest BCUT2D eigenvalue weighted by Crippen LogP contribution is 2.31. The Kier molecular flexibility index (Phi) is 9.20. The van der Waals surface area contributed by atoms with E-state index >= 15 is 0 Å². The summed E-state index contributed by atoms with van der Waals surface area (Å²) < 4.78 is 97.1. The van der Waals surface area contributed by atoms with Crippen LogP contribution in [0.2, 0.25) is 0 Å². The maximum Gasteiger partial charge on any atom is 0.446 e. The summed E-state index contributed by atoms with van der Waals surface area (Å²) in [7, 11) is -6.11. The summed E-state index contributed by atoms with van der Waals surface area (Å²) >= 11 is 0. The number of esters is 1. The molecule has 14 heteroatoms. The minimum Gasteiger partial charge on any atom is -0.460 e. The maximum atomic E-state index is 14.1. The zero-order chi connectivity index (χ0) is 23.2. The summed E-state index contributed by atoms with van der Waals surface area (Å²) in [6, 6.07) is 0. The average molecular weight is 465 g/mol. The Hall–Kier alpha value is -1.77. The van der Waals surface area contributed by atoms with Crippen molar-refractivity contribution in [3.8, 4) is 0 Å². The lowest BCUT2D eigenvalue weighted by Gasteiger charge is -2.36. The molecule has 1 N–H and O–H groups in total. The zero-order valence-electron chi connectivity index (χ0n) is 16.3. The second kappa shape index (κ2) is 10.5. The minimum atomic E-state index is -6.11. The quantitative estimate of drug-likeness (QED) is 0.160. The van der Waals surface area contributed by atoms with Gasteiger partial charge in [-0.3, -0.25) is 8.98 Å². The van der Waals surface area contributed by atoms with Gasteiger partial charge in [-0.15, -0.1) is 0 Å². The molecule has 30 heavy (non-hydrogen) atoms. The van der Waals surface area contributed by atoms with Crippen molar-refractivity contribution in [2.45, 2.75) is 50.3 Å². The van der Waals surface area contributed by atoms with Gasteiger partial charge in [-0.25, -0.2) is 13.6 Å². The fraction of sp³-hybridized carbons (Fsp3) is 0.750. The maximum absolute atomic E-state index is 14.1. The number of halogens is 4. The molecule has 1 aliphatic rings. The zero-order valence-corrected chi connectivity index (χ0v) is 17.1. The topological polar surface area (TPSA) is 117 Å². The summed E-state index contributed by atoms with van der Waals surface area (Å²) in [5.41, 5.74) is 0.0142. The first kappa shape index (κ1) is 26.3. The fourth-order valence-electron chi connectivity index (χ4n) is 2.20. The lowest BCUT2D eigenvalue weighted by molar-refractivity contribution is -0.270. The SMILES string of the molecule is C=C(C)C(=O)OCCNC(=O)C(F)(F)S(=O)(=O)OC(CC1(C)OCCCO1)C(F)F. The van der Waals surface area contributed by atoms with Crippen LogP contribution in [0.4, 0.5) is 17.6 Å². The number of alkyl halides is 4. The molecule has 0 radical (unpaired) electrons. The molecule has 0 aromatic rings. The number of amides is 1. The summed E-state index contributed by atoms with van der Waals surface area (Å²) in [4.78, 5) is 22.7. The first-order valence-corrected chi connectivity index (χ1v) is 10.1. The standard InChI is InChI=1S/C16H23F4NO8S/c1-10(2)13(22)26-8-5-21-14(23)16(19,20)30(24,25)29-11(12(17)18)9-15(3)27-6-4-7-28-15/h11-12H,1,4-9H2,2-3H3,(H,21,23). The van der Waals surface area contributed by atoms with Gasteiger partial charge in [0.1, 0.15) is 12.7 Å². The van der Waals surface area contributed by atoms with Crippen LogP contribution in [0, 0.1) is 0 Å². The average Bonchev–Trinajstić information content (AvgIpc) is 2.64. The first-order chi connectivity index (χ1) is 13.7. The molecule has 1 aliphatic heterocycles. The van der Waals surface area contributed by atoms with E-state index in [1.54, 1.807) is 0 Å². The van der Waals surface area contributed by atoms with Crippen LogP contribution in [-0.4, -0.2) is 70.2 Å². The fourth-order valence-corrected chi connectivity index (χ4v) is 3.09. The van der Waals surface area contributed by atoms with Crippen molar-refractivity contribution < 1.29 is 54.0 Å². The summed E-state index contributed by atoms with van der Waals surface area (Å²) in [6.07, 6.45) is -6.45. The Morgan fingerprint density at radius 2 is 1.83 bits per heavy atom. The van der Waals surface area contributed by atoms with Crippen LogP contribution in [0.25, 0.3) is 0 Å². The van der Waals surface area contributed by atoms with Gasteiger partial charge in [-0.2, -0.15) is 17.2 Å². The van der Waals surface area contributed by atoms with Crippen LogP contribution in [0.5, 0.6) is 0 Å². The highest BCUT2D eigenvalue weighted by molar-refractivity contribution is 7.88. The van der Waals surface area contributed by atoms with E-state index in [1.807, 2.05) is 0 Å². The van der Waals surface area contributed by atoms with Crippen molar-refractivity contribution in [1.82, 2.24) is 5.32 Å². The Morgan fingerprint density at radius 3 is 2.33 bits per heavy atom. The molecule has 1 fully saturated rings. The van der Waals surface area contributed by atoms with Gasteiger partial charge >= 0.3 is 27.2 Å². The van der Waals surface area contributed by atoms with Gasteiger partial charge in [0.15, 0.2) is 5.79 Å². The Bertz CT molecular complexity index is 738. The Morgan fingerprint density at radius 1 is 1.27 bits per heavy atom. The molecule has 0 aromatic heterocycles. The number of nitrogens with one attached hydrogen (secondary N) is 1. The number of carbonyl (C=O) groups excluding carboxylic acids is 2. The molecule has 1 saturated heterocycles. The van der Waals surface area contributed by atoms with Crippen molar-refractivity contribution in [3.63, 3.8) is 0 Å². The summed E-state index contributed by atoms with van der Waals surface area (Å²) in [6.45, 7) is 4.87. The van der Waals surface area contributed by atoms with Gasteiger partial charge in [0.2, 0.25) is 0 Å². The van der Waals surface area contributed by atoms with Gasteiger partial charge < -0.3 is 19.5 Å². The number of carbonyl (C=O) groups is 2. The van der Waals surface area contributed by atoms with Crippen LogP contribution in [-0.2, 0) is 38.1 Å². The van der Waals surface area contributed by atoms with Crippen molar-refractivity contribution in [2.75, 3.05) is 26.4 Å². The van der Waals surface area contributed by atoms with Gasteiger partial charge in [0.25, 0.3) is 6.43 Å². The lowest BCUT2D eigenvalue weighted by Crippen LogP contribution is -2.50. The van der Waals surface area contributed by atoms with Gasteiger partial charge in [-0.05, 0) is 20.3 Å². The normalized spacial score (nSPS) is 18.0. The molecule has 1 rings (SSSR count). The van der Waals surface area contributed by atoms with E-state index in [4.69, 9.17) is 9.47 Å². The van der Waals surface area contributed by atoms with Crippen molar-refractivity contribution in [3.05, 3.63) is 12.2 Å². The number of ether oxygens (including phenoxy) is 3. The van der Waals surface area contributed by atoms with Crippen LogP contribution in [0.1, 0.15) is 26.7 Å². The van der Waals surface area contributed by atoms with Crippen molar-refractivity contribution in [1.29, 1.82) is 0 Å². The van der Waals surface area contributed by atoms with Crippen molar-refractivity contribution in [2.24, 2.45) is 0 Å². The van der Waals surface area contributed by atoms with E-state index < -0.39 is 65.1 Å². The molecule has 0 saturated carbocycles. The van der Waals surface area contributed by atoms with Crippen molar-refractivity contribution >= 4 is 22.0 Å². The van der Waals surface area contributed by atoms with E-state index in [2.05, 4.69) is 15.5 Å². The second-order valence-corrected chi connectivity index (χ2v) is 8.11. The molecule has 1 unspecified atom stereocenters. The van der Waals surface area contributed by atoms with Gasteiger partial charge in [-0.1, -0.05) is 6.58 Å². The monoisotopic (exact) mass is 465 g/mol. The Labute approximate surface area is 170 Å². The molecule has 9 nitrogen and oxygen atoms in total. The van der Waals surface area contributed by atoms with Gasteiger partial charge in [0.05, 0.1) is 19.8 Å². The second-order valence-electron chi connectivity index (χ2n) is 6.50. The first-order valence-electron chi connectivity index (χ1n) is 8.69. The summed E-state index contributed by atoms with van der Waals surface area (Å²) in [5, 5.41) is -3.66. The number of rotatable bonds is 11. The van der Waals surface area contributed by atoms with Crippen LogP contribution in [0.3, 0.4) is 0 Å². The van der Waals surface area contributed by atoms with Crippen LogP contribution < -0.4 is 5.32 Å². The highest BCUT2D eigenvalue weighted by atomic mass is 32.2. The smallest absolute Gasteiger partial charge is 0.446 e. The minimum absolute atomic E-state index is 0.0142. The number of hydrogen-bond donors (Lipinski definition) is 1. The molecule has 0 aliphatic carbocycles. The molecule has 1 amide bonds. The van der Waals surface area contributed by atoms with Crippen LogP contribution in [0.15, 0.2) is 12.2 Å². The molecular weight excluding hydrogens is 442 g/mol. The molecule has 1 heterocycles. The third-order valence-corrected chi connectivity index (χ3v) is 5.07. The van der Waals surface area contributed by atoms with Crippen LogP contribution >= 0.6 is 0 Å². The predicted molar refractivity (Wildman–Crippen MR) is 93.1 cm³/mol. The third-order valence-electron chi connectivity index (χ3n) is 3.75. The van der Waals surface area contributed by atoms with E-state index in [1.165, 1.54) is 19.2 Å². The van der Waals surface area contributed by atoms with E-state index in [0.29, 0.717) is 6.42 Å². The molecular formula is C16H23F4NO8S. The lowest BCUT2D eigenvalue weighted by atomic mass is 10.1. The Balaban J connectivity index is 2.75.